The average Bonchev–Trinajstić information content (AvgIpc) is 3.22. The Kier molecular flexibility index (Phi) is 8.94. The van der Waals surface area contributed by atoms with Crippen molar-refractivity contribution in [1.82, 2.24) is 0 Å². The van der Waals surface area contributed by atoms with Gasteiger partial charge in [-0.3, -0.25) is 0 Å². The van der Waals surface area contributed by atoms with Gasteiger partial charge in [0.1, 0.15) is 0 Å². The summed E-state index contributed by atoms with van der Waals surface area (Å²) in [5, 5.41) is 18.6. The standard InChI is InChI=1S/C27H46O.C7H6O2/c1-18(2)7-6-8-19(3)23-11-12-24-22-10-9-20-17-21(28)13-15-26(20,4)25(22)14-16-27(23,24)5;8-7(9)6-4-2-1-3-5-6/h9,18-19,21-25,28H,6-8,10-17H2,1-5H3;1-5H,(H,8,9)/t19?,21-,22-,23+,24-,25-,26-,27+;/m0./s1. The van der Waals surface area contributed by atoms with Crippen LogP contribution in [0.3, 0.4) is 0 Å². The molecule has 0 radical (unpaired) electrons. The molecule has 1 aromatic carbocycles. The molecule has 1 unspecified atom stereocenters. The third-order valence-corrected chi connectivity index (χ3v) is 11.3. The minimum absolute atomic E-state index is 0.0766. The molecule has 8 atom stereocenters. The number of aromatic carboxylic acids is 1. The second-order valence-corrected chi connectivity index (χ2v) is 13.9. The molecule has 0 aliphatic heterocycles. The van der Waals surface area contributed by atoms with Crippen molar-refractivity contribution in [1.29, 1.82) is 0 Å². The highest BCUT2D eigenvalue weighted by atomic mass is 16.4. The van der Waals surface area contributed by atoms with Crippen molar-refractivity contribution in [3.63, 3.8) is 0 Å². The molecule has 0 heterocycles. The summed E-state index contributed by atoms with van der Waals surface area (Å²) in [6.07, 6.45) is 17.2. The lowest BCUT2D eigenvalue weighted by molar-refractivity contribution is -0.0573. The van der Waals surface area contributed by atoms with Crippen LogP contribution in [0.1, 0.15) is 116 Å². The van der Waals surface area contributed by atoms with Crippen LogP contribution in [0, 0.1) is 46.3 Å². The number of rotatable bonds is 6. The first-order valence-electron chi connectivity index (χ1n) is 15.2. The molecule has 0 amide bonds. The minimum atomic E-state index is -0.879. The number of hydrogen-bond acceptors (Lipinski definition) is 2. The van der Waals surface area contributed by atoms with Gasteiger partial charge in [0.15, 0.2) is 0 Å². The molecular formula is C34H52O3. The zero-order valence-electron chi connectivity index (χ0n) is 24.1. The Morgan fingerprint density at radius 1 is 0.973 bits per heavy atom. The molecule has 0 aromatic heterocycles. The molecule has 0 bridgehead atoms. The highest BCUT2D eigenvalue weighted by Gasteiger charge is 2.59. The average molecular weight is 509 g/mol. The number of fused-ring (bicyclic) bond motifs is 5. The Labute approximate surface area is 226 Å². The van der Waals surface area contributed by atoms with Crippen LogP contribution in [0.2, 0.25) is 0 Å². The lowest BCUT2D eigenvalue weighted by Gasteiger charge is -2.58. The zero-order chi connectivity index (χ0) is 26.8. The SMILES string of the molecule is CC(C)CCCC(C)[C@H]1CC[C@H]2[C@@H]3CC=C4C[C@@H](O)CC[C@]4(C)[C@H]3CC[C@]12C.O=C(O)c1ccccc1. The van der Waals surface area contributed by atoms with Gasteiger partial charge >= 0.3 is 5.97 Å². The lowest BCUT2D eigenvalue weighted by Crippen LogP contribution is -2.50. The molecule has 206 valence electrons. The van der Waals surface area contributed by atoms with Crippen LogP contribution in [0.25, 0.3) is 0 Å². The summed E-state index contributed by atoms with van der Waals surface area (Å²) < 4.78 is 0. The number of allylic oxidation sites excluding steroid dienone is 1. The van der Waals surface area contributed by atoms with Gasteiger partial charge in [0.05, 0.1) is 11.7 Å². The Bertz CT molecular complexity index is 936. The maximum atomic E-state index is 10.2. The van der Waals surface area contributed by atoms with Crippen LogP contribution >= 0.6 is 0 Å². The molecule has 1 aromatic rings. The Balaban J connectivity index is 0.000000301. The fraction of sp³-hybridized carbons (Fsp3) is 0.735. The molecule has 5 rings (SSSR count). The fourth-order valence-corrected chi connectivity index (χ4v) is 9.25. The lowest BCUT2D eigenvalue weighted by atomic mass is 9.47. The first-order chi connectivity index (χ1) is 17.6. The third kappa shape index (κ3) is 5.87. The molecule has 3 fully saturated rings. The maximum Gasteiger partial charge on any atom is 0.335 e. The van der Waals surface area contributed by atoms with Gasteiger partial charge in [0.25, 0.3) is 0 Å². The van der Waals surface area contributed by atoms with Crippen molar-refractivity contribution in [2.75, 3.05) is 0 Å². The van der Waals surface area contributed by atoms with Gasteiger partial charge in [-0.2, -0.15) is 0 Å². The van der Waals surface area contributed by atoms with Crippen molar-refractivity contribution in [2.45, 2.75) is 111 Å². The van der Waals surface area contributed by atoms with Crippen molar-refractivity contribution in [3.8, 4) is 0 Å². The number of aliphatic hydroxyl groups excluding tert-OH is 1. The quantitative estimate of drug-likeness (QED) is 0.378. The van der Waals surface area contributed by atoms with Gasteiger partial charge in [-0.15, -0.1) is 0 Å². The van der Waals surface area contributed by atoms with Gasteiger partial charge in [0.2, 0.25) is 0 Å². The monoisotopic (exact) mass is 508 g/mol. The van der Waals surface area contributed by atoms with E-state index in [1.54, 1.807) is 35.9 Å². The first kappa shape index (κ1) is 28.4. The number of aliphatic hydroxyl groups is 1. The third-order valence-electron chi connectivity index (χ3n) is 11.3. The van der Waals surface area contributed by atoms with E-state index in [-0.39, 0.29) is 6.10 Å². The Morgan fingerprint density at radius 3 is 2.35 bits per heavy atom. The summed E-state index contributed by atoms with van der Waals surface area (Å²) in [6.45, 7) is 12.6. The van der Waals surface area contributed by atoms with Gasteiger partial charge in [-0.25, -0.2) is 4.79 Å². The molecule has 3 heteroatoms. The maximum absolute atomic E-state index is 10.2. The van der Waals surface area contributed by atoms with Crippen molar-refractivity contribution < 1.29 is 15.0 Å². The molecule has 0 saturated heterocycles. The number of carboxylic acid groups (broad SMARTS) is 1. The second kappa shape index (κ2) is 11.6. The highest BCUT2D eigenvalue weighted by molar-refractivity contribution is 5.87. The van der Waals surface area contributed by atoms with Crippen molar-refractivity contribution in [3.05, 3.63) is 47.5 Å². The van der Waals surface area contributed by atoms with Crippen LogP contribution in [0.4, 0.5) is 0 Å². The minimum Gasteiger partial charge on any atom is -0.478 e. The van der Waals surface area contributed by atoms with E-state index in [0.29, 0.717) is 16.4 Å². The molecule has 37 heavy (non-hydrogen) atoms. The van der Waals surface area contributed by atoms with E-state index in [0.717, 1.165) is 48.3 Å². The summed E-state index contributed by atoms with van der Waals surface area (Å²) in [7, 11) is 0. The van der Waals surface area contributed by atoms with Gasteiger partial charge in [-0.05, 0) is 110 Å². The van der Waals surface area contributed by atoms with Gasteiger partial charge < -0.3 is 10.2 Å². The Morgan fingerprint density at radius 2 is 1.70 bits per heavy atom. The summed E-state index contributed by atoms with van der Waals surface area (Å²) in [5.74, 6) is 4.58. The number of hydrogen-bond donors (Lipinski definition) is 2. The largest absolute Gasteiger partial charge is 0.478 e. The molecule has 3 nitrogen and oxygen atoms in total. The van der Waals surface area contributed by atoms with E-state index in [1.165, 1.54) is 57.8 Å². The summed E-state index contributed by atoms with van der Waals surface area (Å²) in [6, 6.07) is 8.30. The Hall–Kier alpha value is -1.61. The summed E-state index contributed by atoms with van der Waals surface area (Å²) in [5.41, 5.74) is 2.93. The van der Waals surface area contributed by atoms with E-state index in [9.17, 15) is 9.90 Å². The van der Waals surface area contributed by atoms with Gasteiger partial charge in [-0.1, -0.05) is 83.7 Å². The van der Waals surface area contributed by atoms with Crippen LogP contribution < -0.4 is 0 Å². The van der Waals surface area contributed by atoms with E-state index >= 15 is 0 Å². The molecule has 0 spiro atoms. The van der Waals surface area contributed by atoms with E-state index in [2.05, 4.69) is 40.7 Å². The number of carboxylic acids is 1. The normalized spacial score (nSPS) is 37.4. The van der Waals surface area contributed by atoms with Crippen molar-refractivity contribution in [2.24, 2.45) is 46.3 Å². The fourth-order valence-electron chi connectivity index (χ4n) is 9.25. The van der Waals surface area contributed by atoms with Crippen LogP contribution in [0.15, 0.2) is 42.0 Å². The van der Waals surface area contributed by atoms with Crippen LogP contribution in [-0.2, 0) is 0 Å². The van der Waals surface area contributed by atoms with E-state index in [4.69, 9.17) is 5.11 Å². The molecule has 3 saturated carbocycles. The molecule has 2 N–H and O–H groups in total. The number of carbonyl (C=O) groups is 1. The number of benzene rings is 1. The predicted molar refractivity (Wildman–Crippen MR) is 152 cm³/mol. The summed E-state index contributed by atoms with van der Waals surface area (Å²) >= 11 is 0. The first-order valence-corrected chi connectivity index (χ1v) is 15.2. The van der Waals surface area contributed by atoms with Crippen LogP contribution in [-0.4, -0.2) is 22.3 Å². The van der Waals surface area contributed by atoms with Crippen LogP contribution in [0.5, 0.6) is 0 Å². The smallest absolute Gasteiger partial charge is 0.335 e. The van der Waals surface area contributed by atoms with Crippen molar-refractivity contribution >= 4 is 5.97 Å². The molecule has 4 aliphatic rings. The predicted octanol–water partition coefficient (Wildman–Crippen LogP) is 8.77. The zero-order valence-corrected chi connectivity index (χ0v) is 24.1. The second-order valence-electron chi connectivity index (χ2n) is 13.9. The highest BCUT2D eigenvalue weighted by Crippen LogP contribution is 2.67. The van der Waals surface area contributed by atoms with Gasteiger partial charge in [0, 0.05) is 0 Å². The topological polar surface area (TPSA) is 57.5 Å². The summed E-state index contributed by atoms with van der Waals surface area (Å²) in [4.78, 5) is 10.2. The molecule has 4 aliphatic carbocycles. The van der Waals surface area contributed by atoms with E-state index in [1.807, 2.05) is 0 Å². The molecular weight excluding hydrogens is 456 g/mol. The van der Waals surface area contributed by atoms with E-state index < -0.39 is 5.97 Å².